The number of aryl methyl sites for hydroxylation is 1. The standard InChI is InChI=1S/C29H35F2N3O3S/c1-3-5-14-38(36,37)28(24-16-25(30)18-26(31)17-24)27(34-29(35)23-10-7-12-32-20-23)11-13-33-19-22-9-6-8-21(4-2)15-22/h6-10,12,15-18,20,27-28,33H,3-5,11,13-14,19H2,1-2H3,(H,34,35)/t27-,28?/m0/s1. The molecule has 0 saturated heterocycles. The third kappa shape index (κ3) is 8.43. The predicted octanol–water partition coefficient (Wildman–Crippen LogP) is 5.16. The Bertz CT molecular complexity index is 1280. The highest BCUT2D eigenvalue weighted by molar-refractivity contribution is 7.91. The van der Waals surface area contributed by atoms with Crippen molar-refractivity contribution in [1.29, 1.82) is 0 Å². The summed E-state index contributed by atoms with van der Waals surface area (Å²) in [5.41, 5.74) is 2.53. The molecule has 3 rings (SSSR count). The number of benzene rings is 2. The van der Waals surface area contributed by atoms with Crippen molar-refractivity contribution < 1.29 is 22.0 Å². The van der Waals surface area contributed by atoms with Gasteiger partial charge in [-0.2, -0.15) is 0 Å². The summed E-state index contributed by atoms with van der Waals surface area (Å²) in [5, 5.41) is 4.81. The summed E-state index contributed by atoms with van der Waals surface area (Å²) in [7, 11) is -3.89. The van der Waals surface area contributed by atoms with Gasteiger partial charge in [0.05, 0.1) is 17.4 Å². The van der Waals surface area contributed by atoms with Gasteiger partial charge in [0.2, 0.25) is 0 Å². The Kier molecular flexibility index (Phi) is 10.9. The van der Waals surface area contributed by atoms with Gasteiger partial charge in [0, 0.05) is 25.0 Å². The molecule has 0 bridgehead atoms. The second kappa shape index (κ2) is 14.1. The van der Waals surface area contributed by atoms with E-state index in [1.807, 2.05) is 19.1 Å². The Labute approximate surface area is 223 Å². The van der Waals surface area contributed by atoms with Crippen molar-refractivity contribution >= 4 is 15.7 Å². The summed E-state index contributed by atoms with van der Waals surface area (Å²) in [5.74, 6) is -2.42. The average molecular weight is 544 g/mol. The van der Waals surface area contributed by atoms with Crippen LogP contribution in [0.2, 0.25) is 0 Å². The Balaban J connectivity index is 1.91. The molecule has 2 aromatic carbocycles. The molecule has 6 nitrogen and oxygen atoms in total. The summed E-state index contributed by atoms with van der Waals surface area (Å²) in [6.07, 6.45) is 5.07. The van der Waals surface area contributed by atoms with Gasteiger partial charge in [-0.25, -0.2) is 17.2 Å². The summed E-state index contributed by atoms with van der Waals surface area (Å²) >= 11 is 0. The van der Waals surface area contributed by atoms with Gasteiger partial charge in [-0.1, -0.05) is 44.5 Å². The molecule has 0 aliphatic heterocycles. The van der Waals surface area contributed by atoms with Crippen molar-refractivity contribution in [3.8, 4) is 0 Å². The fourth-order valence-corrected chi connectivity index (χ4v) is 6.60. The van der Waals surface area contributed by atoms with Gasteiger partial charge in [0.1, 0.15) is 16.9 Å². The molecule has 204 valence electrons. The Morgan fingerprint density at radius 2 is 1.74 bits per heavy atom. The van der Waals surface area contributed by atoms with Gasteiger partial charge in [-0.3, -0.25) is 9.78 Å². The number of sulfone groups is 1. The summed E-state index contributed by atoms with van der Waals surface area (Å²) in [4.78, 5) is 17.0. The average Bonchev–Trinajstić information content (AvgIpc) is 2.89. The minimum Gasteiger partial charge on any atom is -0.348 e. The molecule has 0 fully saturated rings. The molecule has 1 amide bonds. The maximum Gasteiger partial charge on any atom is 0.253 e. The topological polar surface area (TPSA) is 88.2 Å². The van der Waals surface area contributed by atoms with Crippen LogP contribution in [0.3, 0.4) is 0 Å². The van der Waals surface area contributed by atoms with Gasteiger partial charge < -0.3 is 10.6 Å². The van der Waals surface area contributed by atoms with Crippen molar-refractivity contribution in [2.45, 2.75) is 57.4 Å². The number of rotatable bonds is 14. The van der Waals surface area contributed by atoms with Crippen LogP contribution in [0.1, 0.15) is 65.4 Å². The first-order valence-electron chi connectivity index (χ1n) is 12.9. The van der Waals surface area contributed by atoms with Crippen molar-refractivity contribution in [3.05, 3.63) is 101 Å². The van der Waals surface area contributed by atoms with E-state index in [1.165, 1.54) is 18.0 Å². The number of carbonyl (C=O) groups is 1. The number of nitrogens with zero attached hydrogens (tertiary/aromatic N) is 1. The molecule has 38 heavy (non-hydrogen) atoms. The van der Waals surface area contributed by atoms with Crippen molar-refractivity contribution in [2.24, 2.45) is 0 Å². The number of pyridine rings is 1. The quantitative estimate of drug-likeness (QED) is 0.274. The smallest absolute Gasteiger partial charge is 0.253 e. The number of hydrogen-bond donors (Lipinski definition) is 2. The third-order valence-electron chi connectivity index (χ3n) is 6.35. The zero-order valence-corrected chi connectivity index (χ0v) is 22.6. The van der Waals surface area contributed by atoms with Gasteiger partial charge >= 0.3 is 0 Å². The number of halogens is 2. The van der Waals surface area contributed by atoms with Gasteiger partial charge in [0.15, 0.2) is 9.84 Å². The van der Waals surface area contributed by atoms with E-state index in [2.05, 4.69) is 34.7 Å². The molecule has 1 heterocycles. The zero-order chi connectivity index (χ0) is 27.5. The minimum atomic E-state index is -3.89. The van der Waals surface area contributed by atoms with Crippen LogP contribution in [-0.4, -0.2) is 37.6 Å². The van der Waals surface area contributed by atoms with Gasteiger partial charge in [-0.15, -0.1) is 0 Å². The first-order valence-corrected chi connectivity index (χ1v) is 14.6. The molecule has 0 aliphatic carbocycles. The summed E-state index contributed by atoms with van der Waals surface area (Å²) in [6.45, 7) is 4.87. The van der Waals surface area contributed by atoms with E-state index in [1.54, 1.807) is 12.1 Å². The summed E-state index contributed by atoms with van der Waals surface area (Å²) in [6, 6.07) is 13.1. The van der Waals surface area contributed by atoms with Gasteiger partial charge in [-0.05, 0) is 66.8 Å². The molecule has 0 spiro atoms. The Hall–Kier alpha value is -3.17. The summed E-state index contributed by atoms with van der Waals surface area (Å²) < 4.78 is 55.6. The molecule has 2 N–H and O–H groups in total. The molecule has 0 aliphatic rings. The van der Waals surface area contributed by atoms with Crippen LogP contribution in [0.5, 0.6) is 0 Å². The van der Waals surface area contributed by atoms with Crippen LogP contribution in [0.25, 0.3) is 0 Å². The highest BCUT2D eigenvalue weighted by Gasteiger charge is 2.36. The first-order chi connectivity index (χ1) is 18.2. The zero-order valence-electron chi connectivity index (χ0n) is 21.8. The fourth-order valence-electron chi connectivity index (χ4n) is 4.40. The normalized spacial score (nSPS) is 13.2. The number of nitrogens with one attached hydrogen (secondary N) is 2. The predicted molar refractivity (Wildman–Crippen MR) is 145 cm³/mol. The molecule has 0 saturated carbocycles. The minimum absolute atomic E-state index is 0.0225. The Morgan fingerprint density at radius 1 is 1.00 bits per heavy atom. The molecule has 2 atom stereocenters. The maximum absolute atomic E-state index is 14.2. The number of unbranched alkanes of at least 4 members (excludes halogenated alkanes) is 1. The van der Waals surface area contributed by atoms with E-state index < -0.39 is 38.7 Å². The highest BCUT2D eigenvalue weighted by atomic mass is 32.2. The molecule has 1 aromatic heterocycles. The Morgan fingerprint density at radius 3 is 2.39 bits per heavy atom. The SMILES string of the molecule is CCCCS(=O)(=O)C(c1cc(F)cc(F)c1)[C@H](CCNCc1cccc(CC)c1)NC(=O)c1cccnc1. The first kappa shape index (κ1) is 29.4. The van der Waals surface area contributed by atoms with Crippen molar-refractivity contribution in [1.82, 2.24) is 15.6 Å². The van der Waals surface area contributed by atoms with Crippen LogP contribution in [-0.2, 0) is 22.8 Å². The van der Waals surface area contributed by atoms with E-state index in [0.717, 1.165) is 24.1 Å². The number of carbonyl (C=O) groups excluding carboxylic acids is 1. The van der Waals surface area contributed by atoms with Crippen molar-refractivity contribution in [2.75, 3.05) is 12.3 Å². The van der Waals surface area contributed by atoms with Gasteiger partial charge in [0.25, 0.3) is 5.91 Å². The lowest BCUT2D eigenvalue weighted by Crippen LogP contribution is -2.44. The molecule has 3 aromatic rings. The third-order valence-corrected chi connectivity index (χ3v) is 8.58. The van der Waals surface area contributed by atoms with Crippen LogP contribution >= 0.6 is 0 Å². The lowest BCUT2D eigenvalue weighted by atomic mass is 10.0. The number of hydrogen-bond acceptors (Lipinski definition) is 5. The molecule has 0 radical (unpaired) electrons. The maximum atomic E-state index is 14.2. The van der Waals surface area contributed by atoms with Crippen LogP contribution in [0.4, 0.5) is 8.78 Å². The fraction of sp³-hybridized carbons (Fsp3) is 0.379. The second-order valence-corrected chi connectivity index (χ2v) is 11.5. The molecule has 9 heteroatoms. The van der Waals surface area contributed by atoms with Crippen molar-refractivity contribution in [3.63, 3.8) is 0 Å². The van der Waals surface area contributed by atoms with Crippen LogP contribution in [0, 0.1) is 11.6 Å². The van der Waals surface area contributed by atoms with Crippen LogP contribution < -0.4 is 10.6 Å². The second-order valence-electron chi connectivity index (χ2n) is 9.30. The van der Waals surface area contributed by atoms with Crippen LogP contribution in [0.15, 0.2) is 67.0 Å². The molecule has 1 unspecified atom stereocenters. The number of amides is 1. The van der Waals surface area contributed by atoms with E-state index in [4.69, 9.17) is 0 Å². The lowest BCUT2D eigenvalue weighted by Gasteiger charge is -2.29. The molecular formula is C29H35F2N3O3S. The monoisotopic (exact) mass is 543 g/mol. The van der Waals surface area contributed by atoms with E-state index >= 15 is 0 Å². The lowest BCUT2D eigenvalue weighted by molar-refractivity contribution is 0.0933. The van der Waals surface area contributed by atoms with E-state index in [-0.39, 0.29) is 23.3 Å². The largest absolute Gasteiger partial charge is 0.348 e. The molecular weight excluding hydrogens is 508 g/mol. The highest BCUT2D eigenvalue weighted by Crippen LogP contribution is 2.31. The van der Waals surface area contributed by atoms with E-state index in [0.29, 0.717) is 32.0 Å². The van der Waals surface area contributed by atoms with E-state index in [9.17, 15) is 22.0 Å². The number of aromatic nitrogens is 1.